The van der Waals surface area contributed by atoms with E-state index in [2.05, 4.69) is 95.0 Å². The molecule has 0 saturated heterocycles. The molecule has 3 aliphatic rings. The molecule has 0 aliphatic heterocycles. The van der Waals surface area contributed by atoms with Crippen molar-refractivity contribution in [1.82, 2.24) is 0 Å². The molecule has 0 N–H and O–H groups in total. The van der Waals surface area contributed by atoms with E-state index in [4.69, 9.17) is 6.58 Å². The summed E-state index contributed by atoms with van der Waals surface area (Å²) in [6, 6.07) is 16.0. The van der Waals surface area contributed by atoms with Crippen LogP contribution in [0.5, 0.6) is 0 Å². The maximum absolute atomic E-state index is 4.77. The van der Waals surface area contributed by atoms with Gasteiger partial charge in [-0.3, -0.25) is 0 Å². The molecular formula is C36H40. The van der Waals surface area contributed by atoms with Crippen LogP contribution in [-0.4, -0.2) is 0 Å². The van der Waals surface area contributed by atoms with Gasteiger partial charge < -0.3 is 0 Å². The van der Waals surface area contributed by atoms with Crippen LogP contribution < -0.4 is 0 Å². The van der Waals surface area contributed by atoms with Crippen molar-refractivity contribution in [2.24, 2.45) is 5.92 Å². The van der Waals surface area contributed by atoms with Crippen molar-refractivity contribution in [1.29, 1.82) is 0 Å². The molecule has 3 aliphatic carbocycles. The van der Waals surface area contributed by atoms with E-state index in [0.29, 0.717) is 11.8 Å². The first-order valence-electron chi connectivity index (χ1n) is 13.9. The second kappa shape index (κ2) is 10.1. The van der Waals surface area contributed by atoms with Gasteiger partial charge in [0.15, 0.2) is 0 Å². The summed E-state index contributed by atoms with van der Waals surface area (Å²) in [5.74, 6) is 0.618. The van der Waals surface area contributed by atoms with Gasteiger partial charge in [0.05, 0.1) is 0 Å². The van der Waals surface area contributed by atoms with Gasteiger partial charge in [-0.25, -0.2) is 0 Å². The number of benzene rings is 2. The van der Waals surface area contributed by atoms with Gasteiger partial charge in [-0.1, -0.05) is 112 Å². The molecule has 5 rings (SSSR count). The van der Waals surface area contributed by atoms with Crippen LogP contribution in [0.4, 0.5) is 0 Å². The van der Waals surface area contributed by atoms with Crippen molar-refractivity contribution in [3.05, 3.63) is 135 Å². The summed E-state index contributed by atoms with van der Waals surface area (Å²) >= 11 is 0. The van der Waals surface area contributed by atoms with Crippen LogP contribution in [0.15, 0.2) is 107 Å². The molecule has 0 radical (unpaired) electrons. The fourth-order valence-electron chi connectivity index (χ4n) is 6.71. The first kappa shape index (κ1) is 24.6. The largest absolute Gasteiger partial charge is 0.0955 e. The minimum absolute atomic E-state index is 0.300. The first-order chi connectivity index (χ1) is 17.5. The van der Waals surface area contributed by atoms with Gasteiger partial charge in [0.25, 0.3) is 0 Å². The van der Waals surface area contributed by atoms with Crippen molar-refractivity contribution in [2.75, 3.05) is 0 Å². The minimum Gasteiger partial charge on any atom is -0.0955 e. The van der Waals surface area contributed by atoms with Crippen LogP contribution in [-0.2, 0) is 19.3 Å². The molecule has 0 aromatic heterocycles. The fourth-order valence-corrected chi connectivity index (χ4v) is 6.71. The molecule has 1 fully saturated rings. The molecule has 0 heterocycles. The summed E-state index contributed by atoms with van der Waals surface area (Å²) < 4.78 is 0. The average molecular weight is 473 g/mol. The van der Waals surface area contributed by atoms with Crippen LogP contribution in [0, 0.1) is 5.92 Å². The highest BCUT2D eigenvalue weighted by molar-refractivity contribution is 5.82. The molecule has 2 aromatic rings. The summed E-state index contributed by atoms with van der Waals surface area (Å²) in [4.78, 5) is 0. The SMILES string of the molecule is C=C(CCC)C1=C(C)C=C2CC(=CC3=CCc4ccccc43)C(=C)C2C1c1cc(CC)ccc1CC. The second-order valence-corrected chi connectivity index (χ2v) is 10.8. The topological polar surface area (TPSA) is 0 Å². The van der Waals surface area contributed by atoms with E-state index < -0.39 is 0 Å². The fraction of sp³-hybridized carbons (Fsp3) is 0.333. The Morgan fingerprint density at radius 2 is 1.83 bits per heavy atom. The third-order valence-electron chi connectivity index (χ3n) is 8.52. The molecular weight excluding hydrogens is 432 g/mol. The molecule has 0 amide bonds. The van der Waals surface area contributed by atoms with E-state index in [-0.39, 0.29) is 0 Å². The highest BCUT2D eigenvalue weighted by atomic mass is 14.4. The average Bonchev–Trinajstić information content (AvgIpc) is 3.43. The summed E-state index contributed by atoms with van der Waals surface area (Å²) in [6.45, 7) is 18.5. The summed E-state index contributed by atoms with van der Waals surface area (Å²) in [7, 11) is 0. The molecule has 2 aromatic carbocycles. The van der Waals surface area contributed by atoms with Gasteiger partial charge in [0.1, 0.15) is 0 Å². The zero-order valence-electron chi connectivity index (χ0n) is 22.6. The number of fused-ring (bicyclic) bond motifs is 2. The van der Waals surface area contributed by atoms with E-state index in [0.717, 1.165) is 38.5 Å². The summed E-state index contributed by atoms with van der Waals surface area (Å²) in [5.41, 5.74) is 16.9. The lowest BCUT2D eigenvalue weighted by Gasteiger charge is -2.36. The highest BCUT2D eigenvalue weighted by Gasteiger charge is 2.41. The van der Waals surface area contributed by atoms with Crippen LogP contribution in [0.1, 0.15) is 80.7 Å². The lowest BCUT2D eigenvalue weighted by molar-refractivity contribution is 0.614. The molecule has 2 atom stereocenters. The van der Waals surface area contributed by atoms with Crippen LogP contribution >= 0.6 is 0 Å². The number of aryl methyl sites for hydroxylation is 2. The minimum atomic E-state index is 0.300. The van der Waals surface area contributed by atoms with E-state index >= 15 is 0 Å². The quantitative estimate of drug-likeness (QED) is 0.376. The highest BCUT2D eigenvalue weighted by Crippen LogP contribution is 2.56. The number of rotatable bonds is 7. The van der Waals surface area contributed by atoms with E-state index in [1.165, 1.54) is 66.8 Å². The summed E-state index contributed by atoms with van der Waals surface area (Å²) in [6.07, 6.45) is 13.6. The van der Waals surface area contributed by atoms with Gasteiger partial charge in [0, 0.05) is 11.8 Å². The monoisotopic (exact) mass is 472 g/mol. The molecule has 2 unspecified atom stereocenters. The molecule has 0 nitrogen and oxygen atoms in total. The Morgan fingerprint density at radius 3 is 2.58 bits per heavy atom. The van der Waals surface area contributed by atoms with Crippen molar-refractivity contribution < 1.29 is 0 Å². The van der Waals surface area contributed by atoms with Crippen LogP contribution in [0.2, 0.25) is 0 Å². The predicted octanol–water partition coefficient (Wildman–Crippen LogP) is 9.65. The third-order valence-corrected chi connectivity index (χ3v) is 8.52. The number of allylic oxidation sites excluding steroid dienone is 10. The van der Waals surface area contributed by atoms with E-state index in [9.17, 15) is 0 Å². The Kier molecular flexibility index (Phi) is 6.89. The zero-order valence-corrected chi connectivity index (χ0v) is 22.6. The lowest BCUT2D eigenvalue weighted by Crippen LogP contribution is -2.22. The molecule has 0 spiro atoms. The standard InChI is InChI=1S/C36H40/c1-7-12-23(4)34-24(5)19-31-22-30(21-29-18-17-28-13-10-11-14-32(28)29)25(6)35(31)36(34)33-20-26(8-2)15-16-27(33)9-3/h10-11,13-16,18-21,35-36H,4,6-9,12,17,22H2,1-3,5H3. The smallest absolute Gasteiger partial charge is 0.0203 e. The maximum atomic E-state index is 4.77. The van der Waals surface area contributed by atoms with Gasteiger partial charge in [-0.15, -0.1) is 0 Å². The third kappa shape index (κ3) is 4.21. The molecule has 184 valence electrons. The molecule has 36 heavy (non-hydrogen) atoms. The Hall–Kier alpha value is -3.12. The first-order valence-corrected chi connectivity index (χ1v) is 13.9. The van der Waals surface area contributed by atoms with Crippen molar-refractivity contribution in [3.63, 3.8) is 0 Å². The number of hydrogen-bond donors (Lipinski definition) is 0. The van der Waals surface area contributed by atoms with Gasteiger partial charge in [-0.05, 0) is 94.7 Å². The Morgan fingerprint density at radius 1 is 1.03 bits per heavy atom. The van der Waals surface area contributed by atoms with E-state index in [1.807, 2.05) is 0 Å². The normalized spacial score (nSPS) is 22.0. The van der Waals surface area contributed by atoms with Gasteiger partial charge >= 0.3 is 0 Å². The van der Waals surface area contributed by atoms with Crippen LogP contribution in [0.3, 0.4) is 0 Å². The van der Waals surface area contributed by atoms with Crippen molar-refractivity contribution in [3.8, 4) is 0 Å². The molecule has 1 saturated carbocycles. The summed E-state index contributed by atoms with van der Waals surface area (Å²) in [5, 5.41) is 0. The Bertz CT molecular complexity index is 1350. The Labute approximate surface area is 218 Å². The van der Waals surface area contributed by atoms with Crippen molar-refractivity contribution >= 4 is 5.57 Å². The van der Waals surface area contributed by atoms with Gasteiger partial charge in [0.2, 0.25) is 0 Å². The number of hydrogen-bond acceptors (Lipinski definition) is 0. The lowest BCUT2D eigenvalue weighted by atomic mass is 9.68. The maximum Gasteiger partial charge on any atom is 0.0203 e. The van der Waals surface area contributed by atoms with Gasteiger partial charge in [-0.2, -0.15) is 0 Å². The van der Waals surface area contributed by atoms with E-state index in [1.54, 1.807) is 0 Å². The molecule has 0 heteroatoms. The zero-order chi connectivity index (χ0) is 25.4. The van der Waals surface area contributed by atoms with Crippen molar-refractivity contribution in [2.45, 2.75) is 72.1 Å². The predicted molar refractivity (Wildman–Crippen MR) is 156 cm³/mol. The Balaban J connectivity index is 1.62. The molecule has 0 bridgehead atoms. The van der Waals surface area contributed by atoms with Crippen LogP contribution in [0.25, 0.3) is 5.57 Å². The second-order valence-electron chi connectivity index (χ2n) is 10.8.